The zero-order valence-corrected chi connectivity index (χ0v) is 26.3. The number of anilines is 2. The molecule has 0 aliphatic carbocycles. The van der Waals surface area contributed by atoms with Crippen molar-refractivity contribution in [3.63, 3.8) is 0 Å². The van der Waals surface area contributed by atoms with E-state index < -0.39 is 18.1 Å². The van der Waals surface area contributed by atoms with Crippen LogP contribution in [0.15, 0.2) is 103 Å². The maximum absolute atomic E-state index is 13.6. The minimum atomic E-state index is -0.868. The lowest BCUT2D eigenvalue weighted by Gasteiger charge is -2.27. The number of fused-ring (bicyclic) bond motifs is 6. The van der Waals surface area contributed by atoms with Gasteiger partial charge in [-0.2, -0.15) is 5.10 Å². The van der Waals surface area contributed by atoms with Crippen LogP contribution in [0, 0.1) is 0 Å². The predicted octanol–water partition coefficient (Wildman–Crippen LogP) is 5.36. The third-order valence-corrected chi connectivity index (χ3v) is 8.67. The Kier molecular flexibility index (Phi) is 8.53. The van der Waals surface area contributed by atoms with Crippen molar-refractivity contribution in [2.75, 3.05) is 23.7 Å². The normalized spacial score (nSPS) is 14.8. The van der Waals surface area contributed by atoms with Crippen molar-refractivity contribution in [2.45, 2.75) is 32.0 Å². The van der Waals surface area contributed by atoms with Gasteiger partial charge in [0, 0.05) is 50.4 Å². The molecule has 0 spiro atoms. The summed E-state index contributed by atoms with van der Waals surface area (Å²) < 4.78 is 5.87. The van der Waals surface area contributed by atoms with Gasteiger partial charge in [-0.05, 0) is 73.8 Å². The molecule has 2 atom stereocenters. The minimum Gasteiger partial charge on any atom is -0.459 e. The number of hydrogen-bond donors (Lipinski definition) is 4. The second-order valence-corrected chi connectivity index (χ2v) is 11.8. The van der Waals surface area contributed by atoms with Crippen molar-refractivity contribution in [2.24, 2.45) is 0 Å². The van der Waals surface area contributed by atoms with Crippen molar-refractivity contribution >= 4 is 61.6 Å². The molecule has 10 nitrogen and oxygen atoms in total. The van der Waals surface area contributed by atoms with E-state index in [0.29, 0.717) is 36.6 Å². The van der Waals surface area contributed by atoms with Crippen molar-refractivity contribution < 1.29 is 19.1 Å². The Morgan fingerprint density at radius 1 is 0.896 bits per heavy atom. The summed E-state index contributed by atoms with van der Waals surface area (Å²) in [5.41, 5.74) is 2.88. The van der Waals surface area contributed by atoms with Gasteiger partial charge < -0.3 is 26.0 Å². The average Bonchev–Trinajstić information content (AvgIpc) is 3.27. The number of ether oxygens (including phenoxy) is 1. The quantitative estimate of drug-likeness (QED) is 0.0945. The molecular formula is C38H34N6O4. The second kappa shape index (κ2) is 13.4. The molecule has 0 saturated heterocycles. The highest BCUT2D eigenvalue weighted by atomic mass is 16.5. The number of nitrogens with one attached hydrogen (secondary N) is 4. The van der Waals surface area contributed by atoms with E-state index in [-0.39, 0.29) is 18.4 Å². The maximum Gasteiger partial charge on any atom is 0.303 e. The van der Waals surface area contributed by atoms with E-state index in [0.717, 1.165) is 43.4 Å². The standard InChI is InChI=1S/C38H34N6O4/c1-23(45)48-33(21-26-8-4-7-25-12-14-30-29-9-3-2-6-24(29)11-15-31(30)35(25)26)36-38(47)41-22-28-20-27(13-16-32(28)43-36)37(46)40-19-18-39-34-10-5-17-42-44-34/h2-17,20,33,36,43H,18-19,21-22H2,1H3,(H,39,44)(H,40,46)(H,41,47). The van der Waals surface area contributed by atoms with Gasteiger partial charge in [-0.3, -0.25) is 14.4 Å². The Morgan fingerprint density at radius 2 is 1.73 bits per heavy atom. The summed E-state index contributed by atoms with van der Waals surface area (Å²) in [6.45, 7) is 2.43. The van der Waals surface area contributed by atoms with E-state index >= 15 is 0 Å². The van der Waals surface area contributed by atoms with Gasteiger partial charge in [-0.1, -0.05) is 66.7 Å². The van der Waals surface area contributed by atoms with E-state index in [2.05, 4.69) is 73.9 Å². The molecule has 240 valence electrons. The van der Waals surface area contributed by atoms with Gasteiger partial charge in [-0.25, -0.2) is 0 Å². The molecule has 0 saturated carbocycles. The molecule has 5 aromatic carbocycles. The van der Waals surface area contributed by atoms with Crippen LogP contribution in [0.4, 0.5) is 11.5 Å². The molecule has 7 rings (SSSR count). The molecule has 2 amide bonds. The van der Waals surface area contributed by atoms with Crippen LogP contribution in [0.3, 0.4) is 0 Å². The molecule has 10 heteroatoms. The van der Waals surface area contributed by atoms with Crippen molar-refractivity contribution in [3.05, 3.63) is 120 Å². The van der Waals surface area contributed by atoms with Crippen LogP contribution in [0.5, 0.6) is 0 Å². The number of carbonyl (C=O) groups excluding carboxylic acids is 3. The number of nitrogens with zero attached hydrogens (tertiary/aromatic N) is 2. The van der Waals surface area contributed by atoms with Gasteiger partial charge in [0.25, 0.3) is 5.91 Å². The monoisotopic (exact) mass is 638 g/mol. The maximum atomic E-state index is 13.6. The molecule has 4 N–H and O–H groups in total. The summed E-state index contributed by atoms with van der Waals surface area (Å²) in [5, 5.41) is 26.8. The molecule has 0 fully saturated rings. The lowest BCUT2D eigenvalue weighted by atomic mass is 9.91. The number of amides is 2. The number of hydrogen-bond acceptors (Lipinski definition) is 8. The van der Waals surface area contributed by atoms with Gasteiger partial charge in [0.15, 0.2) is 0 Å². The van der Waals surface area contributed by atoms with E-state index in [9.17, 15) is 14.4 Å². The zero-order chi connectivity index (χ0) is 33.0. The first-order valence-electron chi connectivity index (χ1n) is 15.9. The van der Waals surface area contributed by atoms with E-state index in [1.165, 1.54) is 6.92 Å². The zero-order valence-electron chi connectivity index (χ0n) is 26.3. The first kappa shape index (κ1) is 30.6. The van der Waals surface area contributed by atoms with Crippen molar-refractivity contribution in [3.8, 4) is 0 Å². The highest BCUT2D eigenvalue weighted by molar-refractivity contribution is 6.18. The van der Waals surface area contributed by atoms with Gasteiger partial charge >= 0.3 is 5.97 Å². The van der Waals surface area contributed by atoms with Crippen LogP contribution in [0.25, 0.3) is 32.3 Å². The van der Waals surface area contributed by atoms with Gasteiger partial charge in [0.05, 0.1) is 0 Å². The third-order valence-electron chi connectivity index (χ3n) is 8.67. The van der Waals surface area contributed by atoms with Crippen LogP contribution < -0.4 is 21.3 Å². The fraction of sp³-hybridized carbons (Fsp3) is 0.184. The number of aromatic nitrogens is 2. The van der Waals surface area contributed by atoms with Crippen LogP contribution in [-0.2, 0) is 27.3 Å². The Balaban J connectivity index is 1.13. The Hall–Kier alpha value is -6.03. The van der Waals surface area contributed by atoms with Gasteiger partial charge in [0.2, 0.25) is 5.91 Å². The van der Waals surface area contributed by atoms with Crippen molar-refractivity contribution in [1.29, 1.82) is 0 Å². The van der Waals surface area contributed by atoms with Gasteiger partial charge in [0.1, 0.15) is 18.0 Å². The number of esters is 1. The summed E-state index contributed by atoms with van der Waals surface area (Å²) in [6.07, 6.45) is 1.10. The third kappa shape index (κ3) is 6.32. The van der Waals surface area contributed by atoms with Crippen LogP contribution >= 0.6 is 0 Å². The number of benzene rings is 5. The summed E-state index contributed by atoms with van der Waals surface area (Å²) in [6, 6.07) is 30.9. The summed E-state index contributed by atoms with van der Waals surface area (Å²) >= 11 is 0. The van der Waals surface area contributed by atoms with E-state index in [4.69, 9.17) is 4.74 Å². The highest BCUT2D eigenvalue weighted by Gasteiger charge is 2.34. The van der Waals surface area contributed by atoms with Crippen LogP contribution in [0.1, 0.15) is 28.4 Å². The number of rotatable bonds is 9. The molecule has 0 radical (unpaired) electrons. The highest BCUT2D eigenvalue weighted by Crippen LogP contribution is 2.34. The first-order chi connectivity index (χ1) is 23.4. The Labute approximate surface area is 276 Å². The Bertz CT molecular complexity index is 2170. The van der Waals surface area contributed by atoms with Crippen molar-refractivity contribution in [1.82, 2.24) is 20.8 Å². The molecule has 1 aliphatic heterocycles. The van der Waals surface area contributed by atoms with Crippen LogP contribution in [-0.4, -0.2) is 53.2 Å². The summed E-state index contributed by atoms with van der Waals surface area (Å²) in [4.78, 5) is 38.9. The smallest absolute Gasteiger partial charge is 0.303 e. The molecule has 1 aliphatic rings. The molecule has 48 heavy (non-hydrogen) atoms. The SMILES string of the molecule is CC(=O)OC(Cc1cccc2ccc3c4ccccc4ccc3c12)C1Nc2ccc(C(=O)NCCNc3cccnn3)cc2CNC1=O. The predicted molar refractivity (Wildman–Crippen MR) is 187 cm³/mol. The topological polar surface area (TPSA) is 134 Å². The van der Waals surface area contributed by atoms with E-state index in [1.54, 1.807) is 36.5 Å². The Morgan fingerprint density at radius 3 is 2.58 bits per heavy atom. The first-order valence-corrected chi connectivity index (χ1v) is 15.9. The summed E-state index contributed by atoms with van der Waals surface area (Å²) in [7, 11) is 0. The summed E-state index contributed by atoms with van der Waals surface area (Å²) in [5.74, 6) is -0.382. The molecule has 1 aromatic heterocycles. The lowest BCUT2D eigenvalue weighted by molar-refractivity contribution is -0.148. The molecule has 6 aromatic rings. The minimum absolute atomic E-state index is 0.214. The number of carbonyl (C=O) groups is 3. The van der Waals surface area contributed by atoms with Crippen LogP contribution in [0.2, 0.25) is 0 Å². The molecular weight excluding hydrogens is 604 g/mol. The lowest BCUT2D eigenvalue weighted by Crippen LogP contribution is -2.48. The average molecular weight is 639 g/mol. The van der Waals surface area contributed by atoms with E-state index in [1.807, 2.05) is 24.3 Å². The van der Waals surface area contributed by atoms with Gasteiger partial charge in [-0.15, -0.1) is 5.10 Å². The fourth-order valence-electron chi connectivity index (χ4n) is 6.45. The molecule has 0 bridgehead atoms. The molecule has 2 heterocycles. The largest absolute Gasteiger partial charge is 0.459 e. The second-order valence-electron chi connectivity index (χ2n) is 11.8. The fourth-order valence-corrected chi connectivity index (χ4v) is 6.45. The molecule has 2 unspecified atom stereocenters.